The summed E-state index contributed by atoms with van der Waals surface area (Å²) >= 11 is 0. The molecule has 0 unspecified atom stereocenters. The van der Waals surface area contributed by atoms with Gasteiger partial charge in [-0.2, -0.15) is 0 Å². The highest BCUT2D eigenvalue weighted by atomic mass is 16.6. The standard InChI is InChI=1S/C12H17N3O2/c16-12(17-10-2-1-3-10)15-7-4-9(8-15)11-13-5-6-14-11/h5-6,9-10H,1-4,7-8H2,(H,13,14)/t9-/m0/s1. The smallest absolute Gasteiger partial charge is 0.410 e. The molecule has 0 radical (unpaired) electrons. The predicted molar refractivity (Wildman–Crippen MR) is 61.6 cm³/mol. The quantitative estimate of drug-likeness (QED) is 0.851. The van der Waals surface area contributed by atoms with Crippen LogP contribution in [0, 0.1) is 0 Å². The molecule has 1 aliphatic carbocycles. The Kier molecular flexibility index (Phi) is 2.74. The highest BCUT2D eigenvalue weighted by molar-refractivity contribution is 5.68. The first-order chi connectivity index (χ1) is 8.33. The largest absolute Gasteiger partial charge is 0.446 e. The van der Waals surface area contributed by atoms with Crippen molar-refractivity contribution in [2.24, 2.45) is 0 Å². The fourth-order valence-corrected chi connectivity index (χ4v) is 2.36. The van der Waals surface area contributed by atoms with Crippen molar-refractivity contribution in [3.05, 3.63) is 18.2 Å². The minimum atomic E-state index is -0.149. The van der Waals surface area contributed by atoms with Gasteiger partial charge in [-0.3, -0.25) is 0 Å². The first-order valence-corrected chi connectivity index (χ1v) is 6.28. The van der Waals surface area contributed by atoms with Crippen molar-refractivity contribution in [2.45, 2.75) is 37.7 Å². The fraction of sp³-hybridized carbons (Fsp3) is 0.667. The van der Waals surface area contributed by atoms with Crippen LogP contribution in [0.4, 0.5) is 4.79 Å². The number of H-pyrrole nitrogens is 1. The lowest BCUT2D eigenvalue weighted by molar-refractivity contribution is 0.0308. The van der Waals surface area contributed by atoms with E-state index < -0.39 is 0 Å². The van der Waals surface area contributed by atoms with E-state index in [4.69, 9.17) is 4.74 Å². The number of imidazole rings is 1. The van der Waals surface area contributed by atoms with Crippen molar-refractivity contribution in [1.82, 2.24) is 14.9 Å². The average molecular weight is 235 g/mol. The van der Waals surface area contributed by atoms with Gasteiger partial charge >= 0.3 is 6.09 Å². The van der Waals surface area contributed by atoms with E-state index in [9.17, 15) is 4.79 Å². The number of amides is 1. The molecule has 1 saturated carbocycles. The van der Waals surface area contributed by atoms with Crippen molar-refractivity contribution in [3.63, 3.8) is 0 Å². The molecule has 92 valence electrons. The monoisotopic (exact) mass is 235 g/mol. The van der Waals surface area contributed by atoms with Crippen LogP contribution in [-0.2, 0) is 4.74 Å². The lowest BCUT2D eigenvalue weighted by Crippen LogP contribution is -2.34. The Hall–Kier alpha value is -1.52. The van der Waals surface area contributed by atoms with Crippen molar-refractivity contribution in [3.8, 4) is 0 Å². The Labute approximate surface area is 100 Å². The lowest BCUT2D eigenvalue weighted by atomic mass is 9.96. The highest BCUT2D eigenvalue weighted by Crippen LogP contribution is 2.27. The van der Waals surface area contributed by atoms with Crippen molar-refractivity contribution >= 4 is 6.09 Å². The lowest BCUT2D eigenvalue weighted by Gasteiger charge is -2.27. The molecule has 1 aromatic heterocycles. The maximum Gasteiger partial charge on any atom is 0.410 e. The molecule has 5 heteroatoms. The number of rotatable bonds is 2. The fourth-order valence-electron chi connectivity index (χ4n) is 2.36. The summed E-state index contributed by atoms with van der Waals surface area (Å²) in [4.78, 5) is 21.0. The van der Waals surface area contributed by atoms with Gasteiger partial charge in [0.05, 0.1) is 0 Å². The second-order valence-electron chi connectivity index (χ2n) is 4.84. The normalized spacial score (nSPS) is 24.7. The molecule has 2 aliphatic rings. The number of aromatic nitrogens is 2. The number of carbonyl (C=O) groups is 1. The van der Waals surface area contributed by atoms with E-state index in [1.54, 1.807) is 11.1 Å². The van der Waals surface area contributed by atoms with E-state index in [1.165, 1.54) is 6.42 Å². The Morgan fingerprint density at radius 1 is 1.47 bits per heavy atom. The number of aromatic amines is 1. The van der Waals surface area contributed by atoms with Crippen molar-refractivity contribution in [2.75, 3.05) is 13.1 Å². The molecular formula is C12H17N3O2. The summed E-state index contributed by atoms with van der Waals surface area (Å²) in [5.74, 6) is 1.31. The number of hydrogen-bond acceptors (Lipinski definition) is 3. The van der Waals surface area contributed by atoms with Crippen LogP contribution >= 0.6 is 0 Å². The van der Waals surface area contributed by atoms with Gasteiger partial charge in [-0.05, 0) is 25.7 Å². The summed E-state index contributed by atoms with van der Waals surface area (Å²) in [6.45, 7) is 1.50. The molecule has 2 fully saturated rings. The number of carbonyl (C=O) groups excluding carboxylic acids is 1. The van der Waals surface area contributed by atoms with E-state index in [-0.39, 0.29) is 12.2 Å². The summed E-state index contributed by atoms with van der Waals surface area (Å²) in [7, 11) is 0. The molecule has 0 spiro atoms. The SMILES string of the molecule is O=C(OC1CCC1)N1CC[C@H](c2ncc[nH]2)C1. The van der Waals surface area contributed by atoms with Gasteiger partial charge in [0.2, 0.25) is 0 Å². The molecule has 1 aliphatic heterocycles. The summed E-state index contributed by atoms with van der Waals surface area (Å²) in [5.41, 5.74) is 0. The van der Waals surface area contributed by atoms with Crippen LogP contribution in [0.1, 0.15) is 37.4 Å². The van der Waals surface area contributed by atoms with Gasteiger partial charge in [0.15, 0.2) is 0 Å². The molecule has 2 heterocycles. The van der Waals surface area contributed by atoms with E-state index >= 15 is 0 Å². The Morgan fingerprint density at radius 3 is 3.00 bits per heavy atom. The second-order valence-corrected chi connectivity index (χ2v) is 4.84. The second kappa shape index (κ2) is 4.39. The number of nitrogens with zero attached hydrogens (tertiary/aromatic N) is 2. The minimum absolute atomic E-state index is 0.149. The van der Waals surface area contributed by atoms with Gasteiger partial charge in [-0.1, -0.05) is 0 Å². The third-order valence-corrected chi connectivity index (χ3v) is 3.67. The average Bonchev–Trinajstić information content (AvgIpc) is 2.91. The summed E-state index contributed by atoms with van der Waals surface area (Å²) in [6, 6.07) is 0. The van der Waals surface area contributed by atoms with Crippen LogP contribution in [0.15, 0.2) is 12.4 Å². The van der Waals surface area contributed by atoms with Crippen molar-refractivity contribution in [1.29, 1.82) is 0 Å². The maximum absolute atomic E-state index is 11.8. The highest BCUT2D eigenvalue weighted by Gasteiger charge is 2.31. The van der Waals surface area contributed by atoms with Crippen LogP contribution in [0.5, 0.6) is 0 Å². The number of likely N-dealkylation sites (tertiary alicyclic amines) is 1. The molecule has 3 rings (SSSR count). The van der Waals surface area contributed by atoms with Crippen LogP contribution in [0.2, 0.25) is 0 Å². The number of hydrogen-bond donors (Lipinski definition) is 1. The molecule has 17 heavy (non-hydrogen) atoms. The Morgan fingerprint density at radius 2 is 2.35 bits per heavy atom. The van der Waals surface area contributed by atoms with E-state index in [0.29, 0.717) is 5.92 Å². The first kappa shape index (κ1) is 10.6. The van der Waals surface area contributed by atoms with E-state index in [2.05, 4.69) is 9.97 Å². The number of nitrogens with one attached hydrogen (secondary N) is 1. The van der Waals surface area contributed by atoms with E-state index in [0.717, 1.165) is 38.2 Å². The summed E-state index contributed by atoms with van der Waals surface area (Å²) < 4.78 is 5.39. The van der Waals surface area contributed by atoms with Crippen LogP contribution < -0.4 is 0 Å². The zero-order valence-electron chi connectivity index (χ0n) is 9.76. The first-order valence-electron chi connectivity index (χ1n) is 6.28. The molecule has 1 saturated heterocycles. The third kappa shape index (κ3) is 2.14. The molecule has 5 nitrogen and oxygen atoms in total. The Balaban J connectivity index is 1.54. The minimum Gasteiger partial charge on any atom is -0.446 e. The third-order valence-electron chi connectivity index (χ3n) is 3.67. The summed E-state index contributed by atoms with van der Waals surface area (Å²) in [6.07, 6.45) is 7.81. The molecule has 0 bridgehead atoms. The molecular weight excluding hydrogens is 218 g/mol. The van der Waals surface area contributed by atoms with Gasteiger partial charge < -0.3 is 14.6 Å². The van der Waals surface area contributed by atoms with Gasteiger partial charge in [-0.15, -0.1) is 0 Å². The van der Waals surface area contributed by atoms with E-state index in [1.807, 2.05) is 6.20 Å². The van der Waals surface area contributed by atoms with Gasteiger partial charge in [0.25, 0.3) is 0 Å². The van der Waals surface area contributed by atoms with Crippen LogP contribution in [0.3, 0.4) is 0 Å². The molecule has 1 atom stereocenters. The Bertz CT molecular complexity index is 386. The zero-order chi connectivity index (χ0) is 11.7. The van der Waals surface area contributed by atoms with Crippen LogP contribution in [0.25, 0.3) is 0 Å². The zero-order valence-corrected chi connectivity index (χ0v) is 9.76. The topological polar surface area (TPSA) is 58.2 Å². The molecule has 0 aromatic carbocycles. The van der Waals surface area contributed by atoms with Gasteiger partial charge in [0, 0.05) is 31.4 Å². The van der Waals surface area contributed by atoms with Gasteiger partial charge in [-0.25, -0.2) is 9.78 Å². The number of ether oxygens (including phenoxy) is 1. The predicted octanol–water partition coefficient (Wildman–Crippen LogP) is 1.89. The summed E-state index contributed by atoms with van der Waals surface area (Å²) in [5, 5.41) is 0. The van der Waals surface area contributed by atoms with Gasteiger partial charge in [0.1, 0.15) is 11.9 Å². The molecule has 1 aromatic rings. The molecule has 1 amide bonds. The van der Waals surface area contributed by atoms with Crippen molar-refractivity contribution < 1.29 is 9.53 Å². The van der Waals surface area contributed by atoms with Crippen LogP contribution in [-0.4, -0.2) is 40.2 Å². The maximum atomic E-state index is 11.8. The molecule has 1 N–H and O–H groups in total.